The highest BCUT2D eigenvalue weighted by molar-refractivity contribution is 8.00. The summed E-state index contributed by atoms with van der Waals surface area (Å²) in [5, 5.41) is 3.68. The maximum atomic E-state index is 12.9. The standard InChI is InChI=1S/C25H22ClN3O2S/c1-16(24(30)27-20-15-19(26)13-14-21(20)31-2)32-25-28-22(17-9-5-3-6-10-17)23(29-25)18-11-7-4-8-12-18/h3-16H,1-2H3,(H,27,30)(H,28,29). The summed E-state index contributed by atoms with van der Waals surface area (Å²) in [5.41, 5.74) is 4.35. The number of carbonyl (C=O) groups is 1. The van der Waals surface area contributed by atoms with Gasteiger partial charge in [-0.2, -0.15) is 0 Å². The number of carbonyl (C=O) groups excluding carboxylic acids is 1. The minimum atomic E-state index is -0.405. The number of aromatic nitrogens is 2. The second kappa shape index (κ2) is 9.94. The minimum absolute atomic E-state index is 0.172. The Morgan fingerprint density at radius 2 is 1.69 bits per heavy atom. The van der Waals surface area contributed by atoms with Crippen LogP contribution in [-0.2, 0) is 4.79 Å². The first-order valence-electron chi connectivity index (χ1n) is 10.1. The molecule has 0 saturated heterocycles. The summed E-state index contributed by atoms with van der Waals surface area (Å²) in [5.74, 6) is 0.380. The highest BCUT2D eigenvalue weighted by Gasteiger charge is 2.21. The van der Waals surface area contributed by atoms with Crippen LogP contribution in [0.2, 0.25) is 5.02 Å². The first-order valence-corrected chi connectivity index (χ1v) is 11.3. The van der Waals surface area contributed by atoms with Gasteiger partial charge in [0, 0.05) is 16.1 Å². The first kappa shape index (κ1) is 22.0. The van der Waals surface area contributed by atoms with Gasteiger partial charge in [0.25, 0.3) is 0 Å². The van der Waals surface area contributed by atoms with E-state index in [-0.39, 0.29) is 5.91 Å². The van der Waals surface area contributed by atoms with Gasteiger partial charge in [-0.3, -0.25) is 4.79 Å². The Hall–Kier alpha value is -3.22. The van der Waals surface area contributed by atoms with E-state index in [1.165, 1.54) is 11.8 Å². The number of anilines is 1. The number of benzene rings is 3. The van der Waals surface area contributed by atoms with Crippen molar-refractivity contribution in [1.82, 2.24) is 9.97 Å². The second-order valence-electron chi connectivity index (χ2n) is 7.09. The topological polar surface area (TPSA) is 67.0 Å². The molecule has 1 unspecified atom stereocenters. The average molecular weight is 464 g/mol. The molecule has 0 aliphatic heterocycles. The molecule has 0 bridgehead atoms. The van der Waals surface area contributed by atoms with Crippen LogP contribution in [0.4, 0.5) is 5.69 Å². The summed E-state index contributed by atoms with van der Waals surface area (Å²) in [6.07, 6.45) is 0. The number of halogens is 1. The summed E-state index contributed by atoms with van der Waals surface area (Å²) in [4.78, 5) is 21.1. The van der Waals surface area contributed by atoms with Crippen LogP contribution in [0.5, 0.6) is 5.75 Å². The highest BCUT2D eigenvalue weighted by atomic mass is 35.5. The fraction of sp³-hybridized carbons (Fsp3) is 0.120. The Morgan fingerprint density at radius 1 is 1.03 bits per heavy atom. The summed E-state index contributed by atoms with van der Waals surface area (Å²) in [6.45, 7) is 1.84. The molecule has 4 aromatic rings. The van der Waals surface area contributed by atoms with Crippen molar-refractivity contribution in [2.75, 3.05) is 12.4 Å². The van der Waals surface area contributed by atoms with Gasteiger partial charge >= 0.3 is 0 Å². The van der Waals surface area contributed by atoms with Crippen LogP contribution < -0.4 is 10.1 Å². The summed E-state index contributed by atoms with van der Waals surface area (Å²) in [6, 6.07) is 25.2. The van der Waals surface area contributed by atoms with Crippen molar-refractivity contribution in [3.8, 4) is 28.3 Å². The molecule has 1 atom stereocenters. The van der Waals surface area contributed by atoms with Crippen molar-refractivity contribution in [2.45, 2.75) is 17.3 Å². The lowest BCUT2D eigenvalue weighted by Crippen LogP contribution is -2.22. The number of H-pyrrole nitrogens is 1. The van der Waals surface area contributed by atoms with Crippen molar-refractivity contribution in [3.05, 3.63) is 83.9 Å². The summed E-state index contributed by atoms with van der Waals surface area (Å²) in [7, 11) is 1.55. The number of nitrogens with one attached hydrogen (secondary N) is 2. The fourth-order valence-electron chi connectivity index (χ4n) is 3.26. The van der Waals surface area contributed by atoms with Gasteiger partial charge < -0.3 is 15.0 Å². The van der Waals surface area contributed by atoms with Gasteiger partial charge in [-0.1, -0.05) is 84.0 Å². The lowest BCUT2D eigenvalue weighted by atomic mass is 10.1. The van der Waals surface area contributed by atoms with E-state index in [9.17, 15) is 4.79 Å². The molecule has 1 amide bonds. The number of aromatic amines is 1. The third-order valence-electron chi connectivity index (χ3n) is 4.87. The quantitative estimate of drug-likeness (QED) is 0.306. The van der Waals surface area contributed by atoms with Crippen LogP contribution in [0.25, 0.3) is 22.5 Å². The average Bonchev–Trinajstić information content (AvgIpc) is 3.24. The van der Waals surface area contributed by atoms with Gasteiger partial charge in [0.2, 0.25) is 5.91 Å². The van der Waals surface area contributed by atoms with Crippen LogP contribution in [0.3, 0.4) is 0 Å². The molecular weight excluding hydrogens is 442 g/mol. The monoisotopic (exact) mass is 463 g/mol. The molecule has 4 rings (SSSR count). The van der Waals surface area contributed by atoms with Gasteiger partial charge in [-0.25, -0.2) is 4.98 Å². The molecule has 2 N–H and O–H groups in total. The Bertz CT molecular complexity index is 1160. The first-order chi connectivity index (χ1) is 15.5. The van der Waals surface area contributed by atoms with Crippen LogP contribution >= 0.6 is 23.4 Å². The number of thioether (sulfide) groups is 1. The lowest BCUT2D eigenvalue weighted by molar-refractivity contribution is -0.115. The number of ether oxygens (including phenoxy) is 1. The van der Waals surface area contributed by atoms with E-state index >= 15 is 0 Å². The van der Waals surface area contributed by atoms with E-state index in [0.29, 0.717) is 21.6 Å². The zero-order valence-electron chi connectivity index (χ0n) is 17.6. The van der Waals surface area contributed by atoms with Crippen LogP contribution in [0.1, 0.15) is 6.92 Å². The van der Waals surface area contributed by atoms with Gasteiger partial charge in [-0.05, 0) is 25.1 Å². The molecule has 0 radical (unpaired) electrons. The molecule has 5 nitrogen and oxygen atoms in total. The molecule has 32 heavy (non-hydrogen) atoms. The van der Waals surface area contributed by atoms with E-state index in [0.717, 1.165) is 22.5 Å². The number of amides is 1. The van der Waals surface area contributed by atoms with Crippen molar-refractivity contribution < 1.29 is 9.53 Å². The molecule has 0 saturated carbocycles. The number of hydrogen-bond donors (Lipinski definition) is 2. The zero-order valence-corrected chi connectivity index (χ0v) is 19.2. The Balaban J connectivity index is 1.58. The fourth-order valence-corrected chi connectivity index (χ4v) is 4.24. The molecule has 3 aromatic carbocycles. The zero-order chi connectivity index (χ0) is 22.5. The number of hydrogen-bond acceptors (Lipinski definition) is 4. The smallest absolute Gasteiger partial charge is 0.237 e. The van der Waals surface area contributed by atoms with Crippen LogP contribution in [0.15, 0.2) is 84.0 Å². The maximum Gasteiger partial charge on any atom is 0.237 e. The summed E-state index contributed by atoms with van der Waals surface area (Å²) >= 11 is 7.44. The van der Waals surface area contributed by atoms with Crippen molar-refractivity contribution in [2.24, 2.45) is 0 Å². The van der Waals surface area contributed by atoms with E-state index in [4.69, 9.17) is 21.3 Å². The Kier molecular flexibility index (Phi) is 6.83. The molecule has 1 aromatic heterocycles. The number of nitrogens with zero attached hydrogens (tertiary/aromatic N) is 1. The Morgan fingerprint density at radius 3 is 2.34 bits per heavy atom. The SMILES string of the molecule is COc1ccc(Cl)cc1NC(=O)C(C)Sc1nc(-c2ccccc2)c(-c2ccccc2)[nH]1. The van der Waals surface area contributed by atoms with Crippen molar-refractivity contribution >= 4 is 35.0 Å². The van der Waals surface area contributed by atoms with Gasteiger partial charge in [-0.15, -0.1) is 0 Å². The lowest BCUT2D eigenvalue weighted by Gasteiger charge is -2.13. The number of rotatable bonds is 7. The molecule has 0 fully saturated rings. The molecule has 162 valence electrons. The minimum Gasteiger partial charge on any atom is -0.495 e. The third kappa shape index (κ3) is 4.98. The predicted octanol–water partition coefficient (Wildman–Crippen LogP) is 6.53. The summed E-state index contributed by atoms with van der Waals surface area (Å²) < 4.78 is 5.32. The maximum absolute atomic E-state index is 12.9. The molecule has 1 heterocycles. The molecule has 0 spiro atoms. The largest absolute Gasteiger partial charge is 0.495 e. The molecule has 7 heteroatoms. The highest BCUT2D eigenvalue weighted by Crippen LogP contribution is 2.34. The van der Waals surface area contributed by atoms with E-state index in [2.05, 4.69) is 10.3 Å². The predicted molar refractivity (Wildman–Crippen MR) is 131 cm³/mol. The van der Waals surface area contributed by atoms with Crippen molar-refractivity contribution in [1.29, 1.82) is 0 Å². The second-order valence-corrected chi connectivity index (χ2v) is 8.86. The van der Waals surface area contributed by atoms with E-state index < -0.39 is 5.25 Å². The molecular formula is C25H22ClN3O2S. The molecule has 0 aliphatic rings. The normalized spacial score (nSPS) is 11.7. The number of imidazole rings is 1. The number of methoxy groups -OCH3 is 1. The third-order valence-corrected chi connectivity index (χ3v) is 6.09. The van der Waals surface area contributed by atoms with Crippen LogP contribution in [0, 0.1) is 0 Å². The molecule has 0 aliphatic carbocycles. The van der Waals surface area contributed by atoms with E-state index in [1.807, 2.05) is 67.6 Å². The van der Waals surface area contributed by atoms with Crippen molar-refractivity contribution in [3.63, 3.8) is 0 Å². The Labute approximate surface area is 196 Å². The van der Waals surface area contributed by atoms with E-state index in [1.54, 1.807) is 25.3 Å². The van der Waals surface area contributed by atoms with Gasteiger partial charge in [0.05, 0.1) is 29.4 Å². The van der Waals surface area contributed by atoms with Gasteiger partial charge in [0.15, 0.2) is 5.16 Å². The van der Waals surface area contributed by atoms with Gasteiger partial charge in [0.1, 0.15) is 5.75 Å². The van der Waals surface area contributed by atoms with Crippen LogP contribution in [-0.4, -0.2) is 28.2 Å².